The van der Waals surface area contributed by atoms with E-state index in [1.165, 1.54) is 12.1 Å². The van der Waals surface area contributed by atoms with Gasteiger partial charge in [-0.15, -0.1) is 5.10 Å². The highest BCUT2D eigenvalue weighted by atomic mass is 16.6. The van der Waals surface area contributed by atoms with Gasteiger partial charge >= 0.3 is 0 Å². The smallest absolute Gasteiger partial charge is 0.258 e. The van der Waals surface area contributed by atoms with Crippen LogP contribution in [-0.4, -0.2) is 19.9 Å². The Morgan fingerprint density at radius 1 is 1.56 bits per heavy atom. The summed E-state index contributed by atoms with van der Waals surface area (Å²) in [7, 11) is 0. The lowest BCUT2D eigenvalue weighted by Gasteiger charge is -2.08. The third-order valence-electron chi connectivity index (χ3n) is 2.67. The van der Waals surface area contributed by atoms with Crippen molar-refractivity contribution in [2.24, 2.45) is 0 Å². The summed E-state index contributed by atoms with van der Waals surface area (Å²) < 4.78 is 1.79. The Morgan fingerprint density at radius 2 is 2.31 bits per heavy atom. The van der Waals surface area contributed by atoms with Crippen LogP contribution in [0.3, 0.4) is 0 Å². The molecule has 0 saturated carbocycles. The van der Waals surface area contributed by atoms with E-state index < -0.39 is 4.92 Å². The van der Waals surface area contributed by atoms with Crippen LogP contribution >= 0.6 is 0 Å². The molecule has 0 aliphatic carbocycles. The Hall–Kier alpha value is -1.98. The van der Waals surface area contributed by atoms with Gasteiger partial charge in [0.25, 0.3) is 5.69 Å². The fourth-order valence-electron chi connectivity index (χ4n) is 1.54. The van der Waals surface area contributed by atoms with E-state index in [0.717, 1.165) is 11.9 Å². The Morgan fingerprint density at radius 3 is 2.94 bits per heavy atom. The van der Waals surface area contributed by atoms with Gasteiger partial charge in [-0.2, -0.15) is 0 Å². The zero-order valence-corrected chi connectivity index (χ0v) is 9.12. The lowest BCUT2D eigenvalue weighted by molar-refractivity contribution is -0.384. The maximum absolute atomic E-state index is 10.6. The summed E-state index contributed by atoms with van der Waals surface area (Å²) in [6, 6.07) is 4.86. The van der Waals surface area contributed by atoms with Crippen LogP contribution < -0.4 is 0 Å². The maximum atomic E-state index is 10.6. The zero-order chi connectivity index (χ0) is 11.7. The molecule has 1 atom stereocenters. The molecule has 2 rings (SSSR count). The molecule has 1 aromatic carbocycles. The van der Waals surface area contributed by atoms with Crippen molar-refractivity contribution in [2.75, 3.05) is 0 Å². The molecule has 16 heavy (non-hydrogen) atoms. The minimum atomic E-state index is -0.429. The van der Waals surface area contributed by atoms with Gasteiger partial charge in [-0.05, 0) is 19.4 Å². The van der Waals surface area contributed by atoms with Crippen LogP contribution in [0.2, 0.25) is 0 Å². The normalized spacial score (nSPS) is 12.9. The van der Waals surface area contributed by atoms with E-state index in [2.05, 4.69) is 17.2 Å². The van der Waals surface area contributed by atoms with Gasteiger partial charge in [-0.3, -0.25) is 10.1 Å². The maximum Gasteiger partial charge on any atom is 0.271 e. The molecule has 1 heterocycles. The van der Waals surface area contributed by atoms with Gasteiger partial charge in [-0.1, -0.05) is 12.1 Å². The van der Waals surface area contributed by atoms with E-state index in [1.54, 1.807) is 10.7 Å². The number of benzene rings is 1. The highest BCUT2D eigenvalue weighted by molar-refractivity contribution is 5.77. The average Bonchev–Trinajstić information content (AvgIpc) is 2.70. The van der Waals surface area contributed by atoms with Crippen LogP contribution in [0.25, 0.3) is 11.0 Å². The van der Waals surface area contributed by atoms with E-state index in [1.807, 2.05) is 6.92 Å². The summed E-state index contributed by atoms with van der Waals surface area (Å²) in [6.07, 6.45) is 0.940. The SMILES string of the molecule is CCC(C)n1nnc2cc([N+](=O)[O-])ccc21. The third kappa shape index (κ3) is 1.62. The van der Waals surface area contributed by atoms with E-state index in [9.17, 15) is 10.1 Å². The first-order chi connectivity index (χ1) is 7.63. The fourth-order valence-corrected chi connectivity index (χ4v) is 1.54. The Labute approximate surface area is 92.0 Å². The van der Waals surface area contributed by atoms with E-state index >= 15 is 0 Å². The second-order valence-electron chi connectivity index (χ2n) is 3.72. The van der Waals surface area contributed by atoms with Crippen molar-refractivity contribution < 1.29 is 4.92 Å². The van der Waals surface area contributed by atoms with E-state index in [0.29, 0.717) is 5.52 Å². The summed E-state index contributed by atoms with van der Waals surface area (Å²) in [5, 5.41) is 18.5. The molecule has 0 fully saturated rings. The number of hydrogen-bond donors (Lipinski definition) is 0. The molecular formula is C10H12N4O2. The third-order valence-corrected chi connectivity index (χ3v) is 2.67. The number of fused-ring (bicyclic) bond motifs is 1. The number of nitrogens with zero attached hydrogens (tertiary/aromatic N) is 4. The zero-order valence-electron chi connectivity index (χ0n) is 9.12. The number of aromatic nitrogens is 3. The minimum absolute atomic E-state index is 0.0451. The molecule has 0 saturated heterocycles. The number of rotatable bonds is 3. The second kappa shape index (κ2) is 3.88. The molecule has 0 aliphatic heterocycles. The molecule has 0 N–H and O–H groups in total. The largest absolute Gasteiger partial charge is 0.271 e. The van der Waals surface area contributed by atoms with Crippen molar-refractivity contribution in [1.29, 1.82) is 0 Å². The van der Waals surface area contributed by atoms with Gasteiger partial charge in [0.1, 0.15) is 5.52 Å². The summed E-state index contributed by atoms with van der Waals surface area (Å²) in [6.45, 7) is 4.10. The van der Waals surface area contributed by atoms with Crippen LogP contribution in [0, 0.1) is 10.1 Å². The first kappa shape index (κ1) is 10.5. The topological polar surface area (TPSA) is 73.8 Å². The van der Waals surface area contributed by atoms with Crippen molar-refractivity contribution >= 4 is 16.7 Å². The summed E-state index contributed by atoms with van der Waals surface area (Å²) >= 11 is 0. The summed E-state index contributed by atoms with van der Waals surface area (Å²) in [5.74, 6) is 0. The number of nitro benzene ring substituents is 1. The molecule has 84 valence electrons. The molecule has 6 nitrogen and oxygen atoms in total. The van der Waals surface area contributed by atoms with Gasteiger partial charge in [0.15, 0.2) is 0 Å². The second-order valence-corrected chi connectivity index (χ2v) is 3.72. The molecule has 0 aliphatic rings. The number of non-ortho nitro benzene ring substituents is 1. The van der Waals surface area contributed by atoms with Gasteiger partial charge in [-0.25, -0.2) is 4.68 Å². The van der Waals surface area contributed by atoms with Crippen molar-refractivity contribution in [2.45, 2.75) is 26.3 Å². The molecule has 0 spiro atoms. The van der Waals surface area contributed by atoms with Crippen LogP contribution in [0.1, 0.15) is 26.3 Å². The van der Waals surface area contributed by atoms with Crippen LogP contribution in [0.5, 0.6) is 0 Å². The minimum Gasteiger partial charge on any atom is -0.258 e. The average molecular weight is 220 g/mol. The van der Waals surface area contributed by atoms with Crippen molar-refractivity contribution in [3.8, 4) is 0 Å². The van der Waals surface area contributed by atoms with E-state index in [4.69, 9.17) is 0 Å². The highest BCUT2D eigenvalue weighted by Crippen LogP contribution is 2.21. The molecule has 1 unspecified atom stereocenters. The van der Waals surface area contributed by atoms with Crippen molar-refractivity contribution in [1.82, 2.24) is 15.0 Å². The van der Waals surface area contributed by atoms with Gasteiger partial charge in [0, 0.05) is 12.1 Å². The standard InChI is InChI=1S/C10H12N4O2/c1-3-7(2)13-10-5-4-8(14(15)16)6-9(10)11-12-13/h4-7H,3H2,1-2H3. The molecule has 1 aromatic heterocycles. The van der Waals surface area contributed by atoms with Gasteiger partial charge in [0.2, 0.25) is 0 Å². The van der Waals surface area contributed by atoms with Crippen molar-refractivity contribution in [3.05, 3.63) is 28.3 Å². The number of hydrogen-bond acceptors (Lipinski definition) is 4. The fraction of sp³-hybridized carbons (Fsp3) is 0.400. The quantitative estimate of drug-likeness (QED) is 0.587. The Kier molecular flexibility index (Phi) is 2.55. The predicted molar refractivity (Wildman–Crippen MR) is 59.2 cm³/mol. The lowest BCUT2D eigenvalue weighted by Crippen LogP contribution is -2.05. The lowest BCUT2D eigenvalue weighted by atomic mass is 10.2. The molecular weight excluding hydrogens is 208 g/mol. The van der Waals surface area contributed by atoms with Crippen LogP contribution in [-0.2, 0) is 0 Å². The van der Waals surface area contributed by atoms with Gasteiger partial charge < -0.3 is 0 Å². The molecule has 2 aromatic rings. The van der Waals surface area contributed by atoms with Crippen LogP contribution in [0.15, 0.2) is 18.2 Å². The monoisotopic (exact) mass is 220 g/mol. The van der Waals surface area contributed by atoms with E-state index in [-0.39, 0.29) is 11.7 Å². The van der Waals surface area contributed by atoms with Crippen molar-refractivity contribution in [3.63, 3.8) is 0 Å². The molecule has 0 bridgehead atoms. The van der Waals surface area contributed by atoms with Gasteiger partial charge in [0.05, 0.1) is 16.5 Å². The molecule has 0 amide bonds. The first-order valence-electron chi connectivity index (χ1n) is 5.12. The van der Waals surface area contributed by atoms with Crippen LogP contribution in [0.4, 0.5) is 5.69 Å². The Balaban J connectivity index is 2.54. The predicted octanol–water partition coefficient (Wildman–Crippen LogP) is 2.31. The Bertz CT molecular complexity index is 535. The molecule has 6 heteroatoms. The summed E-state index contributed by atoms with van der Waals surface area (Å²) in [4.78, 5) is 10.2. The summed E-state index contributed by atoms with van der Waals surface area (Å²) in [5.41, 5.74) is 1.44. The number of nitro groups is 1. The molecule has 0 radical (unpaired) electrons. The first-order valence-corrected chi connectivity index (χ1v) is 5.12. The highest BCUT2D eigenvalue weighted by Gasteiger charge is 2.13.